The van der Waals surface area contributed by atoms with E-state index < -0.39 is 0 Å². The molecule has 6 nitrogen and oxygen atoms in total. The summed E-state index contributed by atoms with van der Waals surface area (Å²) in [6, 6.07) is 5.14. The molecule has 3 atom stereocenters. The third-order valence-electron chi connectivity index (χ3n) is 7.02. The number of likely N-dealkylation sites (tertiary alicyclic amines) is 1. The highest BCUT2D eigenvalue weighted by atomic mass is 35.5. The third-order valence-corrected chi connectivity index (χ3v) is 7.35. The van der Waals surface area contributed by atoms with Crippen LogP contribution in [0.3, 0.4) is 0 Å². The number of nitrogens with zero attached hydrogens (tertiary/aromatic N) is 1. The van der Waals surface area contributed by atoms with Crippen molar-refractivity contribution >= 4 is 23.9 Å². The lowest BCUT2D eigenvalue weighted by atomic mass is 9.89. The second-order valence-electron chi connectivity index (χ2n) is 9.47. The highest BCUT2D eigenvalue weighted by Crippen LogP contribution is 2.31. The fraction of sp³-hybridized carbons (Fsp3) is 0.571. The predicted octanol–water partition coefficient (Wildman–Crippen LogP) is 5.15. The summed E-state index contributed by atoms with van der Waals surface area (Å²) in [5, 5.41) is 6.46. The van der Waals surface area contributed by atoms with Gasteiger partial charge in [0.05, 0.1) is 6.61 Å². The van der Waals surface area contributed by atoms with Gasteiger partial charge >= 0.3 is 0 Å². The van der Waals surface area contributed by atoms with Crippen LogP contribution in [0.2, 0.25) is 0 Å². The van der Waals surface area contributed by atoms with Crippen molar-refractivity contribution in [3.8, 4) is 5.75 Å². The molecule has 1 aromatic rings. The maximum Gasteiger partial charge on any atom is 0.247 e. The molecule has 0 aliphatic carbocycles. The van der Waals surface area contributed by atoms with E-state index in [4.69, 9.17) is 16.3 Å². The molecule has 194 valence electrons. The molecular formula is C28H42ClN3O3. The summed E-state index contributed by atoms with van der Waals surface area (Å²) in [4.78, 5) is 25.6. The van der Waals surface area contributed by atoms with Gasteiger partial charge in [0.25, 0.3) is 0 Å². The maximum absolute atomic E-state index is 12.7. The van der Waals surface area contributed by atoms with E-state index in [9.17, 15) is 9.59 Å². The predicted molar refractivity (Wildman–Crippen MR) is 144 cm³/mol. The van der Waals surface area contributed by atoms with Gasteiger partial charge in [-0.05, 0) is 89.1 Å². The molecule has 1 aromatic carbocycles. The minimum Gasteiger partial charge on any atom is -0.493 e. The summed E-state index contributed by atoms with van der Waals surface area (Å²) >= 11 is 6.06. The summed E-state index contributed by atoms with van der Waals surface area (Å²) in [5.41, 5.74) is 4.36. The average molecular weight is 504 g/mol. The van der Waals surface area contributed by atoms with Crippen LogP contribution >= 0.6 is 11.6 Å². The molecule has 0 spiro atoms. The van der Waals surface area contributed by atoms with Gasteiger partial charge in [0.1, 0.15) is 5.75 Å². The van der Waals surface area contributed by atoms with E-state index >= 15 is 0 Å². The zero-order valence-corrected chi connectivity index (χ0v) is 22.9. The van der Waals surface area contributed by atoms with Gasteiger partial charge in [-0.2, -0.15) is 0 Å². The van der Waals surface area contributed by atoms with E-state index in [-0.39, 0.29) is 11.9 Å². The van der Waals surface area contributed by atoms with Crippen LogP contribution in [0.25, 0.3) is 0 Å². The number of carbonyl (C=O) groups is 2. The fourth-order valence-electron chi connectivity index (χ4n) is 4.72. The van der Waals surface area contributed by atoms with E-state index in [0.29, 0.717) is 42.3 Å². The van der Waals surface area contributed by atoms with Crippen molar-refractivity contribution in [2.45, 2.75) is 91.9 Å². The molecule has 1 saturated heterocycles. The maximum atomic E-state index is 12.7. The molecule has 1 aliphatic rings. The van der Waals surface area contributed by atoms with E-state index in [1.54, 1.807) is 19.1 Å². The number of ether oxygens (including phenoxy) is 1. The molecule has 0 radical (unpaired) electrons. The Kier molecular flexibility index (Phi) is 11.8. The molecule has 2 rings (SSSR count). The highest BCUT2D eigenvalue weighted by Gasteiger charge is 2.33. The van der Waals surface area contributed by atoms with Crippen molar-refractivity contribution in [2.75, 3.05) is 13.2 Å². The molecule has 2 N–H and O–H groups in total. The van der Waals surface area contributed by atoms with Crippen LogP contribution in [0, 0.1) is 13.8 Å². The van der Waals surface area contributed by atoms with E-state index in [1.165, 1.54) is 11.1 Å². The van der Waals surface area contributed by atoms with Crippen LogP contribution < -0.4 is 15.4 Å². The van der Waals surface area contributed by atoms with Crippen LogP contribution in [0.1, 0.15) is 70.1 Å². The summed E-state index contributed by atoms with van der Waals surface area (Å²) in [5.74, 6) is 0.856. The van der Waals surface area contributed by atoms with Gasteiger partial charge in [-0.3, -0.25) is 14.5 Å². The lowest BCUT2D eigenvalue weighted by molar-refractivity contribution is -0.118. The van der Waals surface area contributed by atoms with Crippen molar-refractivity contribution in [2.24, 2.45) is 0 Å². The van der Waals surface area contributed by atoms with Gasteiger partial charge in [-0.1, -0.05) is 30.7 Å². The molecule has 0 aromatic heterocycles. The van der Waals surface area contributed by atoms with Crippen LogP contribution in [-0.2, 0) is 16.1 Å². The van der Waals surface area contributed by atoms with Crippen molar-refractivity contribution in [3.05, 3.63) is 51.6 Å². The van der Waals surface area contributed by atoms with Crippen LogP contribution in [0.4, 0.5) is 0 Å². The van der Waals surface area contributed by atoms with Crippen molar-refractivity contribution in [1.82, 2.24) is 15.5 Å². The number of carbonyl (C=O) groups excluding carboxylic acids is 2. The Balaban J connectivity index is 2.03. The molecule has 1 fully saturated rings. The molecule has 35 heavy (non-hydrogen) atoms. The summed E-state index contributed by atoms with van der Waals surface area (Å²) in [6.45, 7) is 14.5. The SMILES string of the molecule is C/C=C(Cl)\C=C(/C)C(=O)NC1CC(C)N(Cc2ccc(OCCCNC=O)c(C)c2C)C(CC)C1. The number of hydrogen-bond donors (Lipinski definition) is 2. The Morgan fingerprint density at radius 2 is 2.00 bits per heavy atom. The third kappa shape index (κ3) is 8.39. The minimum absolute atomic E-state index is 0.0468. The summed E-state index contributed by atoms with van der Waals surface area (Å²) in [6.07, 6.45) is 7.87. The van der Waals surface area contributed by atoms with Crippen molar-refractivity contribution in [1.29, 1.82) is 0 Å². The van der Waals surface area contributed by atoms with Crippen LogP contribution in [-0.4, -0.2) is 48.5 Å². The molecule has 2 amide bonds. The largest absolute Gasteiger partial charge is 0.493 e. The summed E-state index contributed by atoms with van der Waals surface area (Å²) < 4.78 is 5.95. The topological polar surface area (TPSA) is 70.7 Å². The second kappa shape index (κ2) is 14.3. The highest BCUT2D eigenvalue weighted by molar-refractivity contribution is 6.31. The quantitative estimate of drug-likeness (QED) is 0.179. The first-order chi connectivity index (χ1) is 16.7. The lowest BCUT2D eigenvalue weighted by Gasteiger charge is -2.44. The monoisotopic (exact) mass is 503 g/mol. The zero-order valence-electron chi connectivity index (χ0n) is 22.1. The standard InChI is InChI=1S/C28H42ClN3O3/c1-7-24(29)14-19(3)28(34)31-25-15-20(4)32(26(8-2)16-25)17-23-10-11-27(22(6)21(23)5)35-13-9-12-30-18-33/h7,10-11,14,18,20,25-26H,8-9,12-13,15-17H2,1-6H3,(H,30,33)(H,31,34)/b19-14+,24-7+. The number of hydrogen-bond acceptors (Lipinski definition) is 4. The number of benzene rings is 1. The molecule has 0 bridgehead atoms. The van der Waals surface area contributed by atoms with Gasteiger partial charge in [-0.15, -0.1) is 0 Å². The first-order valence-electron chi connectivity index (χ1n) is 12.7. The number of piperidine rings is 1. The lowest BCUT2D eigenvalue weighted by Crippen LogP contribution is -2.53. The Morgan fingerprint density at radius 1 is 1.26 bits per heavy atom. The molecule has 3 unspecified atom stereocenters. The molecule has 7 heteroatoms. The van der Waals surface area contributed by atoms with Crippen LogP contribution in [0.5, 0.6) is 5.75 Å². The molecule has 0 saturated carbocycles. The number of amides is 2. The number of nitrogens with one attached hydrogen (secondary N) is 2. The van der Waals surface area contributed by atoms with Gasteiger partial charge in [0.2, 0.25) is 12.3 Å². The zero-order chi connectivity index (χ0) is 26.0. The molecule has 1 heterocycles. The first kappa shape index (κ1) is 28.9. The Hall–Kier alpha value is -2.31. The van der Waals surface area contributed by atoms with Gasteiger partial charge in [-0.25, -0.2) is 0 Å². The van der Waals surface area contributed by atoms with Crippen LogP contribution in [0.15, 0.2) is 34.9 Å². The minimum atomic E-state index is -0.0468. The first-order valence-corrected chi connectivity index (χ1v) is 13.0. The number of allylic oxidation sites excluding steroid dienone is 3. The molecular weight excluding hydrogens is 462 g/mol. The van der Waals surface area contributed by atoms with E-state index in [0.717, 1.165) is 43.5 Å². The van der Waals surface area contributed by atoms with Gasteiger partial charge in [0, 0.05) is 41.8 Å². The van der Waals surface area contributed by atoms with E-state index in [2.05, 4.69) is 55.4 Å². The summed E-state index contributed by atoms with van der Waals surface area (Å²) in [7, 11) is 0. The van der Waals surface area contributed by atoms with E-state index in [1.807, 2.05) is 6.92 Å². The average Bonchev–Trinajstić information content (AvgIpc) is 2.83. The number of rotatable bonds is 12. The number of halogens is 1. The molecule has 1 aliphatic heterocycles. The fourth-order valence-corrected chi connectivity index (χ4v) is 4.88. The van der Waals surface area contributed by atoms with Gasteiger partial charge in [0.15, 0.2) is 0 Å². The normalized spacial score (nSPS) is 21.5. The van der Waals surface area contributed by atoms with Crippen molar-refractivity contribution in [3.63, 3.8) is 0 Å². The second-order valence-corrected chi connectivity index (χ2v) is 9.91. The Morgan fingerprint density at radius 3 is 2.66 bits per heavy atom. The van der Waals surface area contributed by atoms with Crippen molar-refractivity contribution < 1.29 is 14.3 Å². The van der Waals surface area contributed by atoms with Gasteiger partial charge < -0.3 is 15.4 Å². The Labute approximate surface area is 216 Å². The smallest absolute Gasteiger partial charge is 0.247 e. The Bertz CT molecular complexity index is 928.